The standard InChI is InChI=1S/C8H18N2/c1-6(2)7(3)8-5-10(8)9-4/h6-9H,5H2,1-4H3/t7-,8?,10?/m1/s1. The highest BCUT2D eigenvalue weighted by molar-refractivity contribution is 4.90. The van der Waals surface area contributed by atoms with Crippen molar-refractivity contribution in [2.24, 2.45) is 11.8 Å². The van der Waals surface area contributed by atoms with Gasteiger partial charge in [0.1, 0.15) is 0 Å². The Morgan fingerprint density at radius 3 is 2.30 bits per heavy atom. The zero-order valence-corrected chi connectivity index (χ0v) is 7.39. The molecule has 0 spiro atoms. The summed E-state index contributed by atoms with van der Waals surface area (Å²) >= 11 is 0. The molecular formula is C8H18N2. The third-order valence-corrected chi connectivity index (χ3v) is 2.60. The molecule has 0 aliphatic carbocycles. The van der Waals surface area contributed by atoms with Crippen LogP contribution in [0, 0.1) is 11.8 Å². The summed E-state index contributed by atoms with van der Waals surface area (Å²) in [5.74, 6) is 1.63. The van der Waals surface area contributed by atoms with Crippen LogP contribution in [0.2, 0.25) is 0 Å². The fourth-order valence-electron chi connectivity index (χ4n) is 1.31. The Morgan fingerprint density at radius 2 is 2.00 bits per heavy atom. The number of hydrazine groups is 1. The van der Waals surface area contributed by atoms with Crippen molar-refractivity contribution in [1.29, 1.82) is 0 Å². The third-order valence-electron chi connectivity index (χ3n) is 2.60. The Balaban J connectivity index is 2.25. The van der Waals surface area contributed by atoms with E-state index in [4.69, 9.17) is 0 Å². The molecule has 1 aliphatic heterocycles. The van der Waals surface area contributed by atoms with Gasteiger partial charge in [0.15, 0.2) is 0 Å². The Kier molecular flexibility index (Phi) is 2.32. The van der Waals surface area contributed by atoms with Gasteiger partial charge in [0.05, 0.1) is 0 Å². The van der Waals surface area contributed by atoms with Gasteiger partial charge in [0.25, 0.3) is 0 Å². The highest BCUT2D eigenvalue weighted by Crippen LogP contribution is 2.27. The Morgan fingerprint density at radius 1 is 1.40 bits per heavy atom. The van der Waals surface area contributed by atoms with Gasteiger partial charge in [0.2, 0.25) is 0 Å². The summed E-state index contributed by atoms with van der Waals surface area (Å²) < 4.78 is 0. The van der Waals surface area contributed by atoms with Crippen LogP contribution in [0.4, 0.5) is 0 Å². The fourth-order valence-corrected chi connectivity index (χ4v) is 1.31. The molecule has 0 saturated carbocycles. The first-order valence-electron chi connectivity index (χ1n) is 4.10. The fraction of sp³-hybridized carbons (Fsp3) is 1.00. The molecule has 1 saturated heterocycles. The summed E-state index contributed by atoms with van der Waals surface area (Å²) in [5, 5.41) is 2.28. The number of rotatable bonds is 3. The zero-order chi connectivity index (χ0) is 7.72. The highest BCUT2D eigenvalue weighted by Gasteiger charge is 2.38. The van der Waals surface area contributed by atoms with E-state index in [1.54, 1.807) is 0 Å². The van der Waals surface area contributed by atoms with Crippen LogP contribution >= 0.6 is 0 Å². The molecule has 0 radical (unpaired) electrons. The number of hydrogen-bond acceptors (Lipinski definition) is 2. The van der Waals surface area contributed by atoms with E-state index in [1.165, 1.54) is 6.54 Å². The third kappa shape index (κ3) is 1.50. The van der Waals surface area contributed by atoms with Gasteiger partial charge in [0, 0.05) is 12.6 Å². The van der Waals surface area contributed by atoms with Gasteiger partial charge in [-0.25, -0.2) is 5.01 Å². The molecule has 0 aromatic rings. The first-order chi connectivity index (χ1) is 4.66. The van der Waals surface area contributed by atoms with Gasteiger partial charge >= 0.3 is 0 Å². The minimum Gasteiger partial charge on any atom is -0.258 e. The summed E-state index contributed by atoms with van der Waals surface area (Å²) in [4.78, 5) is 0. The van der Waals surface area contributed by atoms with Gasteiger partial charge in [-0.1, -0.05) is 20.8 Å². The smallest absolute Gasteiger partial charge is 0.0413 e. The highest BCUT2D eigenvalue weighted by atomic mass is 15.6. The molecular weight excluding hydrogens is 124 g/mol. The Bertz CT molecular complexity index is 112. The summed E-state index contributed by atoms with van der Waals surface area (Å²) in [5.41, 5.74) is 3.16. The van der Waals surface area contributed by atoms with Gasteiger partial charge < -0.3 is 0 Å². The zero-order valence-electron chi connectivity index (χ0n) is 7.39. The topological polar surface area (TPSA) is 15.0 Å². The molecule has 2 nitrogen and oxygen atoms in total. The second kappa shape index (κ2) is 2.89. The SMILES string of the molecule is CNN1CC1[C@H](C)C(C)C. The molecule has 0 amide bonds. The normalized spacial score (nSPS) is 34.5. The molecule has 3 atom stereocenters. The van der Waals surface area contributed by atoms with Gasteiger partial charge in [-0.2, -0.15) is 0 Å². The lowest BCUT2D eigenvalue weighted by molar-refractivity contribution is 0.313. The van der Waals surface area contributed by atoms with Crippen LogP contribution in [0.1, 0.15) is 20.8 Å². The second-order valence-corrected chi connectivity index (χ2v) is 3.55. The van der Waals surface area contributed by atoms with Crippen molar-refractivity contribution in [1.82, 2.24) is 10.4 Å². The van der Waals surface area contributed by atoms with Gasteiger partial charge in [-0.05, 0) is 18.9 Å². The molecule has 60 valence electrons. The number of hydrogen-bond donors (Lipinski definition) is 1. The minimum atomic E-state index is 0.796. The van der Waals surface area contributed by atoms with Crippen LogP contribution in [0.15, 0.2) is 0 Å². The molecule has 2 unspecified atom stereocenters. The van der Waals surface area contributed by atoms with Crippen LogP contribution in [-0.2, 0) is 0 Å². The average Bonchev–Trinajstić information content (AvgIpc) is 2.64. The van der Waals surface area contributed by atoms with Crippen molar-refractivity contribution < 1.29 is 0 Å². The van der Waals surface area contributed by atoms with Crippen LogP contribution in [0.25, 0.3) is 0 Å². The van der Waals surface area contributed by atoms with Crippen LogP contribution < -0.4 is 5.43 Å². The quantitative estimate of drug-likeness (QED) is 0.593. The molecule has 2 heteroatoms. The molecule has 1 N–H and O–H groups in total. The van der Waals surface area contributed by atoms with Crippen LogP contribution in [0.5, 0.6) is 0 Å². The molecule has 1 fully saturated rings. The summed E-state index contributed by atoms with van der Waals surface area (Å²) in [7, 11) is 1.99. The second-order valence-electron chi connectivity index (χ2n) is 3.55. The maximum Gasteiger partial charge on any atom is 0.0413 e. The largest absolute Gasteiger partial charge is 0.258 e. The number of nitrogens with one attached hydrogen (secondary N) is 1. The van der Waals surface area contributed by atoms with E-state index in [2.05, 4.69) is 31.2 Å². The van der Waals surface area contributed by atoms with E-state index >= 15 is 0 Å². The van der Waals surface area contributed by atoms with E-state index in [0.29, 0.717) is 0 Å². The molecule has 1 rings (SSSR count). The van der Waals surface area contributed by atoms with E-state index in [9.17, 15) is 0 Å². The molecule has 0 bridgehead atoms. The average molecular weight is 142 g/mol. The molecule has 10 heavy (non-hydrogen) atoms. The van der Waals surface area contributed by atoms with E-state index in [-0.39, 0.29) is 0 Å². The predicted molar refractivity (Wildman–Crippen MR) is 43.6 cm³/mol. The molecule has 1 aliphatic rings. The maximum atomic E-state index is 3.16. The first-order valence-corrected chi connectivity index (χ1v) is 4.10. The van der Waals surface area contributed by atoms with Crippen molar-refractivity contribution in [3.05, 3.63) is 0 Å². The van der Waals surface area contributed by atoms with Crippen molar-refractivity contribution >= 4 is 0 Å². The lowest BCUT2D eigenvalue weighted by atomic mass is 9.95. The predicted octanol–water partition coefficient (Wildman–Crippen LogP) is 1.10. The molecule has 1 heterocycles. The Hall–Kier alpha value is -0.0800. The maximum absolute atomic E-state index is 3.16. The monoisotopic (exact) mass is 142 g/mol. The summed E-state index contributed by atoms with van der Waals surface area (Å²) in [6.45, 7) is 8.14. The van der Waals surface area contributed by atoms with Crippen LogP contribution in [-0.4, -0.2) is 24.6 Å². The summed E-state index contributed by atoms with van der Waals surface area (Å²) in [6.07, 6.45) is 0. The summed E-state index contributed by atoms with van der Waals surface area (Å²) in [6, 6.07) is 0.796. The van der Waals surface area contributed by atoms with E-state index < -0.39 is 0 Å². The lowest BCUT2D eigenvalue weighted by Gasteiger charge is -2.14. The lowest BCUT2D eigenvalue weighted by Crippen LogP contribution is -2.22. The van der Waals surface area contributed by atoms with Crippen molar-refractivity contribution in [2.75, 3.05) is 13.6 Å². The molecule has 0 aromatic carbocycles. The van der Waals surface area contributed by atoms with Gasteiger partial charge in [-0.3, -0.25) is 5.43 Å². The van der Waals surface area contributed by atoms with Crippen molar-refractivity contribution in [3.8, 4) is 0 Å². The van der Waals surface area contributed by atoms with E-state index in [0.717, 1.165) is 17.9 Å². The van der Waals surface area contributed by atoms with Crippen molar-refractivity contribution in [3.63, 3.8) is 0 Å². The first kappa shape index (κ1) is 8.02. The minimum absolute atomic E-state index is 0.796. The number of nitrogens with zero attached hydrogens (tertiary/aromatic N) is 1. The van der Waals surface area contributed by atoms with Crippen LogP contribution in [0.3, 0.4) is 0 Å². The van der Waals surface area contributed by atoms with Gasteiger partial charge in [-0.15, -0.1) is 0 Å². The molecule has 0 aromatic heterocycles. The van der Waals surface area contributed by atoms with E-state index in [1.807, 2.05) is 7.05 Å². The van der Waals surface area contributed by atoms with Crippen molar-refractivity contribution in [2.45, 2.75) is 26.8 Å². The Labute approximate surface area is 63.6 Å².